The van der Waals surface area contributed by atoms with E-state index in [0.29, 0.717) is 29.2 Å². The van der Waals surface area contributed by atoms with Gasteiger partial charge in [0.15, 0.2) is 0 Å². The molecule has 8 bridgehead atoms. The number of aromatic carboxylic acids is 1. The van der Waals surface area contributed by atoms with Crippen LogP contribution in [0.2, 0.25) is 0 Å². The average Bonchev–Trinajstić information content (AvgIpc) is 2.11. The lowest BCUT2D eigenvalue weighted by molar-refractivity contribution is -0.385. The number of carboxylic acids is 1. The van der Waals surface area contributed by atoms with Gasteiger partial charge in [0.25, 0.3) is 17.3 Å². The number of amides is 1. The van der Waals surface area contributed by atoms with Gasteiger partial charge in [0.1, 0.15) is 22.2 Å². The van der Waals surface area contributed by atoms with E-state index in [4.69, 9.17) is 16.0 Å². The van der Waals surface area contributed by atoms with Crippen molar-refractivity contribution in [2.24, 2.45) is 39.4 Å². The molecular weight excluding hydrogens is 1090 g/mol. The second-order valence-electron chi connectivity index (χ2n) is 24.7. The van der Waals surface area contributed by atoms with Crippen LogP contribution in [0.1, 0.15) is 175 Å². The summed E-state index contributed by atoms with van der Waals surface area (Å²) < 4.78 is 0. The summed E-state index contributed by atoms with van der Waals surface area (Å²) in [5.74, 6) is 2.40. The molecule has 462 valence electrons. The van der Waals surface area contributed by atoms with Crippen molar-refractivity contribution in [3.05, 3.63) is 104 Å². The molecule has 12 rings (SSSR count). The fraction of sp³-hybridized carbons (Fsp3) is 0.661. The standard InChI is InChI=1S/C24H33N3O3.C17H30N2.C8H17N3.C7H5NO4.C6H5N3O.ClH.H2O/c28-24(22-9-1-2-10-23(22)27(29)30)25-18-14-19-7-4-8-20(15-18)26(19)21-12-16-5-3-6-17(11-16)13-21;18-14-10-15-5-2-6-16(11-14)19(15)17-8-12-3-1-4-13(7-12)9-17;1-4-9-8-10-6-5-7-11(2)3;9-7(10)5-3-1-2-4-6(5)8(11)12;10-9-6-4-2-1-3-5(6)7-8-9;;/h1-2,9-10,16-21H,3-8,11-15H2,(H,25,28);12-17H,1-11,18H2;4-7H2,1-3H3;1-4H,(H,9,10);1-4,10H;1H;1H2/t16-,17+,18?,19-,20+,21?;12-,13+,14?,15-,16+,17?;;;;;. The molecule has 1 amide bonds. The Bertz CT molecular complexity index is 2710. The topological polar surface area (TPSA) is 296 Å². The molecule has 4 saturated heterocycles. The lowest BCUT2D eigenvalue weighted by Crippen LogP contribution is -2.61. The summed E-state index contributed by atoms with van der Waals surface area (Å²) in [4.78, 5) is 60.2. The van der Waals surface area contributed by atoms with Crippen molar-refractivity contribution in [1.29, 1.82) is 0 Å². The highest BCUT2D eigenvalue weighted by Crippen LogP contribution is 2.47. The Morgan fingerprint density at radius 3 is 1.58 bits per heavy atom. The van der Waals surface area contributed by atoms with Crippen molar-refractivity contribution in [3.63, 3.8) is 0 Å². The van der Waals surface area contributed by atoms with E-state index in [-0.39, 0.29) is 52.3 Å². The third kappa shape index (κ3) is 18.5. The number of hydrogen-bond acceptors (Lipinski definition) is 15. The maximum absolute atomic E-state index is 12.8. The summed E-state index contributed by atoms with van der Waals surface area (Å²) in [5.41, 5.74) is 7.00. The highest BCUT2D eigenvalue weighted by Gasteiger charge is 2.46. The van der Waals surface area contributed by atoms with Crippen LogP contribution in [0.4, 0.5) is 11.4 Å². The van der Waals surface area contributed by atoms with Gasteiger partial charge in [0.2, 0.25) is 0 Å². The number of nitrogens with two attached hydrogens (primary N) is 1. The Morgan fingerprint density at radius 2 is 1.12 bits per heavy atom. The SMILES string of the molecule is CCN=C=NCCCN(C)C.Cl.NC1C[C@H]2CCC[C@@H](C1)N2C1C[C@H]2CCC[C@@H](C1)C2.O.O=C(NC1C[C@H]2CCC[C@@H](C1)N2C1C[C@H]2CCC[C@@H](C1)C2)c1ccccc1[N+](=O)[O-].O=C(O)c1ccccc1[N+](=O)[O-].On1nnc2ccccc21. The summed E-state index contributed by atoms with van der Waals surface area (Å²) in [5, 5.41) is 49.3. The number of nitro benzene ring substituents is 2. The van der Waals surface area contributed by atoms with Gasteiger partial charge >= 0.3 is 5.97 Å². The number of fused-ring (bicyclic) bond motifs is 9. The number of nitro groups is 2. The molecule has 12 atom stereocenters. The number of hydrogen-bond donors (Lipinski definition) is 4. The number of rotatable bonds is 12. The lowest BCUT2D eigenvalue weighted by atomic mass is 9.68. The summed E-state index contributed by atoms with van der Waals surface area (Å²) in [6, 6.07) is 26.4. The van der Waals surface area contributed by atoms with Crippen molar-refractivity contribution >= 4 is 52.7 Å². The van der Waals surface area contributed by atoms with E-state index in [2.05, 4.69) is 60.4 Å². The fourth-order valence-electron chi connectivity index (χ4n) is 15.5. The number of halogens is 1. The van der Waals surface area contributed by atoms with Crippen LogP contribution in [0.15, 0.2) is 82.8 Å². The molecule has 84 heavy (non-hydrogen) atoms. The maximum atomic E-state index is 12.8. The zero-order chi connectivity index (χ0) is 58.1. The molecule has 8 fully saturated rings. The maximum Gasteiger partial charge on any atom is 0.342 e. The first-order valence-electron chi connectivity index (χ1n) is 30.7. The van der Waals surface area contributed by atoms with E-state index in [0.717, 1.165) is 97.6 Å². The molecule has 4 unspecified atom stereocenters. The van der Waals surface area contributed by atoms with Gasteiger partial charge in [-0.3, -0.25) is 34.8 Å². The smallest absolute Gasteiger partial charge is 0.342 e. The Balaban J connectivity index is 0.000000181. The lowest BCUT2D eigenvalue weighted by Gasteiger charge is -2.55. The first-order chi connectivity index (χ1) is 39.6. The van der Waals surface area contributed by atoms with Gasteiger partial charge < -0.3 is 31.7 Å². The quantitative estimate of drug-likeness (QED) is 0.0337. The number of carboxylic acid groups (broad SMARTS) is 1. The van der Waals surface area contributed by atoms with E-state index in [1.807, 2.05) is 19.1 Å². The van der Waals surface area contributed by atoms with E-state index >= 15 is 0 Å². The number of carbonyl (C=O) groups is 2. The third-order valence-corrected chi connectivity index (χ3v) is 18.7. The van der Waals surface area contributed by atoms with Gasteiger partial charge in [-0.2, -0.15) is 0 Å². The summed E-state index contributed by atoms with van der Waals surface area (Å²) in [6.07, 6.45) is 31.3. The Labute approximate surface area is 501 Å². The Kier molecular flexibility index (Phi) is 26.5. The number of nitrogens with zero attached hydrogens (tertiary/aromatic N) is 10. The molecule has 1 aromatic heterocycles. The van der Waals surface area contributed by atoms with Crippen molar-refractivity contribution < 1.29 is 35.2 Å². The van der Waals surface area contributed by atoms with Crippen molar-refractivity contribution in [1.82, 2.24) is 35.2 Å². The predicted octanol–water partition coefficient (Wildman–Crippen LogP) is 10.7. The van der Waals surface area contributed by atoms with Crippen LogP contribution >= 0.6 is 12.4 Å². The van der Waals surface area contributed by atoms with Crippen molar-refractivity contribution in [2.45, 2.75) is 203 Å². The minimum Gasteiger partial charge on any atom is -0.477 e. The molecule has 0 spiro atoms. The highest BCUT2D eigenvalue weighted by atomic mass is 35.5. The molecule has 7 N–H and O–H groups in total. The Hall–Kier alpha value is -5.93. The number of piperidine rings is 4. The van der Waals surface area contributed by atoms with Crippen LogP contribution < -0.4 is 11.1 Å². The second-order valence-corrected chi connectivity index (χ2v) is 24.7. The molecule has 4 aliphatic heterocycles. The molecule has 8 aliphatic rings. The number of aromatic nitrogens is 3. The molecule has 22 heteroatoms. The number of aliphatic imine (C=N–C) groups is 2. The van der Waals surface area contributed by atoms with Gasteiger partial charge in [-0.15, -0.1) is 17.5 Å². The van der Waals surface area contributed by atoms with Gasteiger partial charge in [-0.25, -0.2) is 14.8 Å². The monoisotopic (exact) mass is 1180 g/mol. The highest BCUT2D eigenvalue weighted by molar-refractivity contribution is 5.98. The van der Waals surface area contributed by atoms with Crippen LogP contribution in [-0.2, 0) is 0 Å². The first kappa shape index (κ1) is 67.2. The molecule has 3 aromatic carbocycles. The number of para-hydroxylation sites is 3. The van der Waals surface area contributed by atoms with E-state index in [1.54, 1.807) is 36.8 Å². The number of carbonyl (C=O) groups excluding carboxylic acids is 1. The molecule has 4 aliphatic carbocycles. The molecular formula is C62H93ClN12O9. The van der Waals surface area contributed by atoms with Crippen LogP contribution in [-0.4, -0.2) is 155 Å². The minimum atomic E-state index is -1.29. The average molecular weight is 1190 g/mol. The summed E-state index contributed by atoms with van der Waals surface area (Å²) >= 11 is 0. The van der Waals surface area contributed by atoms with Gasteiger partial charge in [-0.1, -0.05) is 92.6 Å². The predicted molar refractivity (Wildman–Crippen MR) is 328 cm³/mol. The van der Waals surface area contributed by atoms with Crippen molar-refractivity contribution in [3.8, 4) is 0 Å². The van der Waals surface area contributed by atoms with Crippen LogP contribution in [0.3, 0.4) is 0 Å². The molecule has 4 saturated carbocycles. The van der Waals surface area contributed by atoms with Gasteiger partial charge in [0, 0.05) is 67.0 Å². The van der Waals surface area contributed by atoms with E-state index in [1.165, 1.54) is 146 Å². The fourth-order valence-corrected chi connectivity index (χ4v) is 15.5. The second kappa shape index (κ2) is 33.1. The van der Waals surface area contributed by atoms with Gasteiger partial charge in [0.05, 0.1) is 22.4 Å². The Morgan fingerprint density at radius 1 is 0.667 bits per heavy atom. The van der Waals surface area contributed by atoms with Crippen LogP contribution in [0.5, 0.6) is 0 Å². The zero-order valence-corrected chi connectivity index (χ0v) is 50.4. The van der Waals surface area contributed by atoms with Gasteiger partial charge in [-0.05, 0) is 177 Å². The minimum absolute atomic E-state index is 0. The normalized spacial score (nSPS) is 28.2. The third-order valence-electron chi connectivity index (χ3n) is 18.7. The van der Waals surface area contributed by atoms with E-state index < -0.39 is 15.8 Å². The number of benzene rings is 3. The molecule has 5 heterocycles. The molecule has 21 nitrogen and oxygen atoms in total. The van der Waals surface area contributed by atoms with Crippen molar-refractivity contribution in [2.75, 3.05) is 33.7 Å². The summed E-state index contributed by atoms with van der Waals surface area (Å²) in [6.45, 7) is 4.67. The van der Waals surface area contributed by atoms with E-state index in [9.17, 15) is 29.8 Å². The zero-order valence-electron chi connectivity index (χ0n) is 49.5. The van der Waals surface area contributed by atoms with Crippen LogP contribution in [0.25, 0.3) is 11.0 Å². The molecule has 4 aromatic rings. The molecule has 0 radical (unpaired) electrons. The first-order valence-corrected chi connectivity index (χ1v) is 30.7. The largest absolute Gasteiger partial charge is 0.477 e. The number of nitrogens with one attached hydrogen (secondary N) is 1. The summed E-state index contributed by atoms with van der Waals surface area (Å²) in [7, 11) is 4.12. The van der Waals surface area contributed by atoms with Crippen LogP contribution in [0, 0.1) is 43.9 Å².